The van der Waals surface area contributed by atoms with Crippen LogP contribution in [-0.4, -0.2) is 23.4 Å². The molecule has 0 aliphatic heterocycles. The van der Waals surface area contributed by atoms with Crippen LogP contribution in [0.3, 0.4) is 0 Å². The molecular weight excluding hydrogens is 212 g/mol. The van der Waals surface area contributed by atoms with Crippen LogP contribution in [0.1, 0.15) is 17.5 Å². The molecule has 0 saturated carbocycles. The number of aryl methyl sites for hydroxylation is 1. The van der Waals surface area contributed by atoms with Gasteiger partial charge in [-0.1, -0.05) is 36.4 Å². The van der Waals surface area contributed by atoms with Gasteiger partial charge in [0, 0.05) is 13.2 Å². The Morgan fingerprint density at radius 2 is 1.29 bits per heavy atom. The van der Waals surface area contributed by atoms with E-state index in [4.69, 9.17) is 10.2 Å². The van der Waals surface area contributed by atoms with Crippen LogP contribution in [-0.2, 0) is 12.8 Å². The van der Waals surface area contributed by atoms with Gasteiger partial charge in [0.15, 0.2) is 0 Å². The van der Waals surface area contributed by atoms with Crippen LogP contribution >= 0.6 is 0 Å². The van der Waals surface area contributed by atoms with Crippen molar-refractivity contribution in [3.05, 3.63) is 47.5 Å². The first kappa shape index (κ1) is 12.1. The molecule has 0 aromatic heterocycles. The van der Waals surface area contributed by atoms with E-state index in [1.807, 2.05) is 12.1 Å². The highest BCUT2D eigenvalue weighted by molar-refractivity contribution is 5.88. The fourth-order valence-electron chi connectivity index (χ4n) is 2.25. The number of fused-ring (bicyclic) bond motifs is 1. The van der Waals surface area contributed by atoms with E-state index in [1.54, 1.807) is 0 Å². The summed E-state index contributed by atoms with van der Waals surface area (Å²) in [5, 5.41) is 20.4. The minimum absolute atomic E-state index is 0.181. The van der Waals surface area contributed by atoms with Crippen molar-refractivity contribution in [2.75, 3.05) is 13.2 Å². The number of aliphatic hydroxyl groups excluding tert-OH is 2. The van der Waals surface area contributed by atoms with E-state index in [0.29, 0.717) is 6.42 Å². The van der Waals surface area contributed by atoms with Crippen LogP contribution < -0.4 is 0 Å². The van der Waals surface area contributed by atoms with Gasteiger partial charge >= 0.3 is 0 Å². The number of hydrogen-bond acceptors (Lipinski definition) is 2. The van der Waals surface area contributed by atoms with Gasteiger partial charge in [0.2, 0.25) is 0 Å². The first-order valence-corrected chi connectivity index (χ1v) is 6.08. The fourth-order valence-corrected chi connectivity index (χ4v) is 2.25. The molecular formula is C15H18O2. The van der Waals surface area contributed by atoms with Gasteiger partial charge in [0.05, 0.1) is 0 Å². The highest BCUT2D eigenvalue weighted by Gasteiger charge is 2.04. The first-order chi connectivity index (χ1) is 8.36. The summed E-state index contributed by atoms with van der Waals surface area (Å²) in [4.78, 5) is 0. The summed E-state index contributed by atoms with van der Waals surface area (Å²) in [6.07, 6.45) is 2.39. The Kier molecular flexibility index (Phi) is 4.13. The molecule has 0 amide bonds. The number of benzene rings is 2. The molecule has 0 radical (unpaired) electrons. The Balaban J connectivity index is 2.46. The van der Waals surface area contributed by atoms with Crippen molar-refractivity contribution < 1.29 is 10.2 Å². The minimum Gasteiger partial charge on any atom is -0.396 e. The minimum atomic E-state index is 0.181. The number of aliphatic hydroxyl groups is 2. The lowest BCUT2D eigenvalue weighted by Gasteiger charge is -2.10. The summed E-state index contributed by atoms with van der Waals surface area (Å²) >= 11 is 0. The summed E-state index contributed by atoms with van der Waals surface area (Å²) < 4.78 is 0. The van der Waals surface area contributed by atoms with E-state index in [9.17, 15) is 0 Å². The predicted molar refractivity (Wildman–Crippen MR) is 70.1 cm³/mol. The third kappa shape index (κ3) is 2.65. The molecule has 2 aromatic carbocycles. The van der Waals surface area contributed by atoms with Gasteiger partial charge in [-0.05, 0) is 41.2 Å². The van der Waals surface area contributed by atoms with Crippen molar-refractivity contribution in [1.29, 1.82) is 0 Å². The average molecular weight is 230 g/mol. The van der Waals surface area contributed by atoms with Crippen molar-refractivity contribution in [3.63, 3.8) is 0 Å². The standard InChI is InChI=1S/C15H18O2/c16-10-3-4-12-7-8-13(9-11-17)15-6-2-1-5-14(12)15/h1-2,5-8,16-17H,3-4,9-11H2. The SMILES string of the molecule is OCCCc1ccc(CCO)c2ccccc12. The van der Waals surface area contributed by atoms with Crippen LogP contribution in [0.25, 0.3) is 10.8 Å². The van der Waals surface area contributed by atoms with Crippen LogP contribution in [0.5, 0.6) is 0 Å². The number of hydrogen-bond donors (Lipinski definition) is 2. The van der Waals surface area contributed by atoms with Gasteiger partial charge in [0.1, 0.15) is 0 Å². The molecule has 2 N–H and O–H groups in total. The quantitative estimate of drug-likeness (QED) is 0.827. The zero-order valence-corrected chi connectivity index (χ0v) is 9.89. The molecule has 0 unspecified atom stereocenters. The van der Waals surface area contributed by atoms with E-state index < -0.39 is 0 Å². The zero-order valence-electron chi connectivity index (χ0n) is 9.89. The maximum Gasteiger partial charge on any atom is 0.0471 e. The van der Waals surface area contributed by atoms with Gasteiger partial charge in [-0.15, -0.1) is 0 Å². The highest BCUT2D eigenvalue weighted by atomic mass is 16.3. The molecule has 17 heavy (non-hydrogen) atoms. The van der Waals surface area contributed by atoms with E-state index >= 15 is 0 Å². The molecule has 0 heterocycles. The lowest BCUT2D eigenvalue weighted by atomic mass is 9.96. The smallest absolute Gasteiger partial charge is 0.0471 e. The Bertz CT molecular complexity index is 491. The maximum atomic E-state index is 9.06. The molecule has 2 heteroatoms. The summed E-state index contributed by atoms with van der Waals surface area (Å²) in [5.41, 5.74) is 2.46. The van der Waals surface area contributed by atoms with Crippen LogP contribution in [0.4, 0.5) is 0 Å². The second-order valence-electron chi connectivity index (χ2n) is 4.23. The molecule has 2 nitrogen and oxygen atoms in total. The van der Waals surface area contributed by atoms with Gasteiger partial charge in [-0.25, -0.2) is 0 Å². The summed E-state index contributed by atoms with van der Waals surface area (Å²) in [5.74, 6) is 0. The molecule has 0 bridgehead atoms. The van der Waals surface area contributed by atoms with E-state index in [2.05, 4.69) is 24.3 Å². The van der Waals surface area contributed by atoms with Crippen LogP contribution in [0.2, 0.25) is 0 Å². The molecule has 0 saturated heterocycles. The van der Waals surface area contributed by atoms with Gasteiger partial charge in [-0.2, -0.15) is 0 Å². The Hall–Kier alpha value is -1.38. The van der Waals surface area contributed by atoms with Crippen molar-refractivity contribution >= 4 is 10.8 Å². The largest absolute Gasteiger partial charge is 0.396 e. The van der Waals surface area contributed by atoms with E-state index in [-0.39, 0.29) is 13.2 Å². The average Bonchev–Trinajstić information content (AvgIpc) is 2.38. The van der Waals surface area contributed by atoms with Crippen molar-refractivity contribution in [2.45, 2.75) is 19.3 Å². The monoisotopic (exact) mass is 230 g/mol. The first-order valence-electron chi connectivity index (χ1n) is 6.08. The Morgan fingerprint density at radius 3 is 1.82 bits per heavy atom. The van der Waals surface area contributed by atoms with Gasteiger partial charge in [0.25, 0.3) is 0 Å². The predicted octanol–water partition coefficient (Wildman–Crippen LogP) is 2.30. The molecule has 90 valence electrons. The molecule has 0 spiro atoms. The molecule has 0 atom stereocenters. The summed E-state index contributed by atoms with van der Waals surface area (Å²) in [6.45, 7) is 0.409. The second kappa shape index (κ2) is 5.80. The Labute approximate surface area is 102 Å². The zero-order chi connectivity index (χ0) is 12.1. The number of rotatable bonds is 5. The third-order valence-corrected chi connectivity index (χ3v) is 3.09. The molecule has 0 aliphatic carbocycles. The van der Waals surface area contributed by atoms with E-state index in [1.165, 1.54) is 21.9 Å². The molecule has 2 rings (SSSR count). The molecule has 2 aromatic rings. The summed E-state index contributed by atoms with van der Waals surface area (Å²) in [6, 6.07) is 12.5. The molecule has 0 fully saturated rings. The second-order valence-corrected chi connectivity index (χ2v) is 4.23. The van der Waals surface area contributed by atoms with Crippen molar-refractivity contribution in [2.24, 2.45) is 0 Å². The lowest BCUT2D eigenvalue weighted by Crippen LogP contribution is -1.96. The molecule has 0 aliphatic rings. The van der Waals surface area contributed by atoms with Gasteiger partial charge < -0.3 is 10.2 Å². The maximum absolute atomic E-state index is 9.06. The van der Waals surface area contributed by atoms with Crippen LogP contribution in [0, 0.1) is 0 Å². The van der Waals surface area contributed by atoms with Crippen molar-refractivity contribution in [3.8, 4) is 0 Å². The van der Waals surface area contributed by atoms with Crippen LogP contribution in [0.15, 0.2) is 36.4 Å². The van der Waals surface area contributed by atoms with Crippen molar-refractivity contribution in [1.82, 2.24) is 0 Å². The lowest BCUT2D eigenvalue weighted by molar-refractivity contribution is 0.289. The Morgan fingerprint density at radius 1 is 0.706 bits per heavy atom. The van der Waals surface area contributed by atoms with E-state index in [0.717, 1.165) is 12.8 Å². The van der Waals surface area contributed by atoms with Gasteiger partial charge in [-0.3, -0.25) is 0 Å². The highest BCUT2D eigenvalue weighted by Crippen LogP contribution is 2.24. The summed E-state index contributed by atoms with van der Waals surface area (Å²) in [7, 11) is 0. The topological polar surface area (TPSA) is 40.5 Å². The fraction of sp³-hybridized carbons (Fsp3) is 0.333. The normalized spacial score (nSPS) is 10.9. The third-order valence-electron chi connectivity index (χ3n) is 3.09.